The SMILES string of the molecule is O=C(COc1ccc([C@@H]2c3sc(=O)[nH]c3S[C@@H]3[C@@H]4C[C@@H]([C@@H]5C(=O)N(c6ccc(F)cc6)C(=O)[C@@H]45)[C@H]23)cc1)Nc1ccc2ccccc2c1. The molecule has 3 fully saturated rings. The molecule has 9 rings (SSSR count). The number of amides is 3. The molecule has 4 aliphatic rings. The molecule has 2 aliphatic carbocycles. The van der Waals surface area contributed by atoms with Crippen LogP contribution >= 0.6 is 23.1 Å². The van der Waals surface area contributed by atoms with Crippen LogP contribution in [-0.4, -0.2) is 34.6 Å². The van der Waals surface area contributed by atoms with Crippen LogP contribution in [0.15, 0.2) is 101 Å². The largest absolute Gasteiger partial charge is 0.484 e. The summed E-state index contributed by atoms with van der Waals surface area (Å²) in [5.41, 5.74) is 2.09. The standard InChI is InChI=1S/C37H28FN3O5S2/c38-21-8-11-23(12-9-21)41-35(43)30-25-16-26(31(30)36(41)44)32-29(25)28(33-34(47-32)40-37(45)48-33)19-6-13-24(14-7-19)46-17-27(42)39-22-10-5-18-3-1-2-4-20(18)15-22/h1-15,25-26,28-32H,16-17H2,(H,39,42)(H,40,45)/t25-,26-,28+,29-,30+,31+,32-/m1/s1. The number of ether oxygens (including phenoxy) is 1. The van der Waals surface area contributed by atoms with Crippen molar-refractivity contribution in [2.45, 2.75) is 22.6 Å². The van der Waals surface area contributed by atoms with E-state index in [0.717, 1.165) is 32.7 Å². The van der Waals surface area contributed by atoms with Crippen LogP contribution in [0.3, 0.4) is 0 Å². The number of halogens is 1. The van der Waals surface area contributed by atoms with E-state index in [1.54, 1.807) is 11.8 Å². The molecule has 5 aromatic rings. The van der Waals surface area contributed by atoms with Crippen molar-refractivity contribution in [3.8, 4) is 5.75 Å². The zero-order valence-electron chi connectivity index (χ0n) is 25.3. The fourth-order valence-corrected chi connectivity index (χ4v) is 11.5. The maximum atomic E-state index is 13.9. The molecule has 240 valence electrons. The van der Waals surface area contributed by atoms with E-state index in [1.165, 1.54) is 40.5 Å². The molecule has 8 nitrogen and oxygen atoms in total. The molecular weight excluding hydrogens is 650 g/mol. The second kappa shape index (κ2) is 11.2. The molecule has 0 unspecified atom stereocenters. The van der Waals surface area contributed by atoms with Crippen LogP contribution < -0.4 is 19.8 Å². The lowest BCUT2D eigenvalue weighted by Crippen LogP contribution is -2.42. The average molecular weight is 678 g/mol. The molecule has 2 saturated carbocycles. The summed E-state index contributed by atoms with van der Waals surface area (Å²) >= 11 is 2.83. The lowest BCUT2D eigenvalue weighted by atomic mass is 9.68. The highest BCUT2D eigenvalue weighted by Crippen LogP contribution is 2.68. The number of carbonyl (C=O) groups excluding carboxylic acids is 3. The lowest BCUT2D eigenvalue weighted by Gasteiger charge is -2.43. The molecule has 2 bridgehead atoms. The predicted molar refractivity (Wildman–Crippen MR) is 182 cm³/mol. The fourth-order valence-electron chi connectivity index (χ4n) is 8.62. The number of rotatable bonds is 6. The van der Waals surface area contributed by atoms with E-state index < -0.39 is 17.7 Å². The van der Waals surface area contributed by atoms with Crippen molar-refractivity contribution in [3.05, 3.63) is 117 Å². The van der Waals surface area contributed by atoms with E-state index in [2.05, 4.69) is 10.3 Å². The molecule has 0 radical (unpaired) electrons. The number of thioether (sulfide) groups is 1. The number of benzene rings is 4. The molecule has 48 heavy (non-hydrogen) atoms. The molecule has 1 aromatic heterocycles. The van der Waals surface area contributed by atoms with Gasteiger partial charge in [0.05, 0.1) is 22.5 Å². The first-order valence-corrected chi connectivity index (χ1v) is 17.6. The molecular formula is C37H28FN3O5S2. The number of hydrogen-bond acceptors (Lipinski definition) is 7. The number of aromatic amines is 1. The number of nitrogens with zero attached hydrogens (tertiary/aromatic N) is 1. The van der Waals surface area contributed by atoms with Gasteiger partial charge in [-0.05, 0) is 89.0 Å². The van der Waals surface area contributed by atoms with Gasteiger partial charge in [0.2, 0.25) is 11.8 Å². The van der Waals surface area contributed by atoms with Gasteiger partial charge in [-0.1, -0.05) is 53.8 Å². The monoisotopic (exact) mass is 677 g/mol. The Morgan fingerprint density at radius 2 is 1.62 bits per heavy atom. The molecule has 0 spiro atoms. The highest BCUT2D eigenvalue weighted by molar-refractivity contribution is 8.00. The Hall–Kier alpha value is -4.74. The summed E-state index contributed by atoms with van der Waals surface area (Å²) < 4.78 is 19.5. The van der Waals surface area contributed by atoms with Gasteiger partial charge in [-0.2, -0.15) is 0 Å². The zero-order chi connectivity index (χ0) is 32.7. The van der Waals surface area contributed by atoms with Crippen molar-refractivity contribution in [2.24, 2.45) is 29.6 Å². The first kappa shape index (κ1) is 29.4. The second-order valence-electron chi connectivity index (χ2n) is 12.9. The summed E-state index contributed by atoms with van der Waals surface area (Å²) in [7, 11) is 0. The third-order valence-electron chi connectivity index (χ3n) is 10.5. The van der Waals surface area contributed by atoms with Gasteiger partial charge in [0.1, 0.15) is 11.6 Å². The lowest BCUT2D eigenvalue weighted by molar-refractivity contribution is -0.123. The van der Waals surface area contributed by atoms with Crippen LogP contribution in [0.4, 0.5) is 15.8 Å². The molecule has 3 amide bonds. The number of aromatic nitrogens is 1. The van der Waals surface area contributed by atoms with E-state index in [1.807, 2.05) is 66.7 Å². The molecule has 3 heterocycles. The minimum atomic E-state index is -0.446. The maximum Gasteiger partial charge on any atom is 0.305 e. The normalized spacial score (nSPS) is 26.8. The van der Waals surface area contributed by atoms with E-state index in [-0.39, 0.29) is 58.1 Å². The Balaban J connectivity index is 0.955. The molecule has 2 aliphatic heterocycles. The van der Waals surface area contributed by atoms with Crippen LogP contribution in [0.25, 0.3) is 10.8 Å². The van der Waals surface area contributed by atoms with E-state index >= 15 is 0 Å². The van der Waals surface area contributed by atoms with E-state index in [0.29, 0.717) is 17.1 Å². The van der Waals surface area contributed by atoms with Gasteiger partial charge in [0.25, 0.3) is 5.91 Å². The van der Waals surface area contributed by atoms with Crippen molar-refractivity contribution < 1.29 is 23.5 Å². The van der Waals surface area contributed by atoms with Crippen LogP contribution in [-0.2, 0) is 14.4 Å². The molecule has 1 saturated heterocycles. The Morgan fingerprint density at radius 3 is 2.40 bits per heavy atom. The van der Waals surface area contributed by atoms with Gasteiger partial charge in [-0.3, -0.25) is 24.1 Å². The van der Waals surface area contributed by atoms with Gasteiger partial charge in [-0.15, -0.1) is 11.8 Å². The molecule has 11 heteroatoms. The first-order chi connectivity index (χ1) is 23.3. The third kappa shape index (κ3) is 4.62. The van der Waals surface area contributed by atoms with Gasteiger partial charge in [0, 0.05) is 21.7 Å². The van der Waals surface area contributed by atoms with Crippen molar-refractivity contribution >= 4 is 63.0 Å². The Kier molecular flexibility index (Phi) is 6.84. The number of thiazole rings is 1. The van der Waals surface area contributed by atoms with Crippen LogP contribution in [0.2, 0.25) is 0 Å². The summed E-state index contributed by atoms with van der Waals surface area (Å²) in [4.78, 5) is 58.0. The van der Waals surface area contributed by atoms with Crippen molar-refractivity contribution in [2.75, 3.05) is 16.8 Å². The summed E-state index contributed by atoms with van der Waals surface area (Å²) in [6, 6.07) is 26.8. The number of nitrogens with one attached hydrogen (secondary N) is 2. The number of fused-ring (bicyclic) bond motifs is 10. The predicted octanol–water partition coefficient (Wildman–Crippen LogP) is 6.42. The third-order valence-corrected chi connectivity index (χ3v) is 13.0. The summed E-state index contributed by atoms with van der Waals surface area (Å²) in [6.45, 7) is -0.159. The van der Waals surface area contributed by atoms with Crippen molar-refractivity contribution in [1.82, 2.24) is 4.98 Å². The fraction of sp³-hybridized carbons (Fsp3) is 0.243. The zero-order valence-corrected chi connectivity index (χ0v) is 26.9. The van der Waals surface area contributed by atoms with Crippen molar-refractivity contribution in [1.29, 1.82) is 0 Å². The topological polar surface area (TPSA) is 109 Å². The highest BCUT2D eigenvalue weighted by atomic mass is 32.2. The Morgan fingerprint density at radius 1 is 0.896 bits per heavy atom. The first-order valence-electron chi connectivity index (χ1n) is 15.9. The smallest absolute Gasteiger partial charge is 0.305 e. The molecule has 2 N–H and O–H groups in total. The Bertz CT molecular complexity index is 2180. The number of anilines is 2. The minimum Gasteiger partial charge on any atom is -0.484 e. The number of carbonyl (C=O) groups is 3. The maximum absolute atomic E-state index is 13.9. The molecule has 4 aromatic carbocycles. The summed E-state index contributed by atoms with van der Waals surface area (Å²) in [6.07, 6.45) is 0.773. The number of hydrogen-bond donors (Lipinski definition) is 2. The Labute approximate surface area is 282 Å². The van der Waals surface area contributed by atoms with Gasteiger partial charge < -0.3 is 15.0 Å². The summed E-state index contributed by atoms with van der Waals surface area (Å²) in [5.74, 6) is -1.61. The second-order valence-corrected chi connectivity index (χ2v) is 15.1. The van der Waals surface area contributed by atoms with E-state index in [9.17, 15) is 23.6 Å². The highest BCUT2D eigenvalue weighted by Gasteiger charge is 2.69. The average Bonchev–Trinajstić information content (AvgIpc) is 3.83. The molecule has 7 atom stereocenters. The number of H-pyrrole nitrogens is 1. The van der Waals surface area contributed by atoms with E-state index in [4.69, 9.17) is 4.74 Å². The van der Waals surface area contributed by atoms with Crippen LogP contribution in [0.5, 0.6) is 5.75 Å². The summed E-state index contributed by atoms with van der Waals surface area (Å²) in [5, 5.41) is 5.90. The van der Waals surface area contributed by atoms with Crippen LogP contribution in [0.1, 0.15) is 22.8 Å². The number of imide groups is 1. The van der Waals surface area contributed by atoms with Crippen molar-refractivity contribution in [3.63, 3.8) is 0 Å². The van der Waals surface area contributed by atoms with Gasteiger partial charge in [0.15, 0.2) is 6.61 Å². The quantitative estimate of drug-likeness (QED) is 0.201. The van der Waals surface area contributed by atoms with Gasteiger partial charge >= 0.3 is 4.87 Å². The van der Waals surface area contributed by atoms with Gasteiger partial charge in [-0.25, -0.2) is 4.39 Å². The van der Waals surface area contributed by atoms with Crippen LogP contribution in [0, 0.1) is 35.4 Å². The minimum absolute atomic E-state index is 0.0142.